The Morgan fingerprint density at radius 3 is 2.88 bits per heavy atom. The fourth-order valence-electron chi connectivity index (χ4n) is 3.65. The zero-order valence-corrected chi connectivity index (χ0v) is 14.6. The van der Waals surface area contributed by atoms with E-state index in [1.807, 2.05) is 30.8 Å². The summed E-state index contributed by atoms with van der Waals surface area (Å²) in [5.41, 5.74) is 2.17. The van der Waals surface area contributed by atoms with Crippen molar-refractivity contribution in [2.24, 2.45) is 7.05 Å². The van der Waals surface area contributed by atoms with Gasteiger partial charge in [-0.3, -0.25) is 9.48 Å². The molecule has 4 rings (SSSR count). The minimum Gasteiger partial charge on any atom is -0.307 e. The highest BCUT2D eigenvalue weighted by atomic mass is 16.1. The van der Waals surface area contributed by atoms with Crippen LogP contribution in [0.4, 0.5) is 5.82 Å². The Bertz CT molecular complexity index is 919. The van der Waals surface area contributed by atoms with Crippen LogP contribution in [-0.4, -0.2) is 30.5 Å². The smallest absolute Gasteiger partial charge is 0.258 e. The molecule has 0 spiro atoms. The summed E-state index contributed by atoms with van der Waals surface area (Å²) < 4.78 is 3.68. The Labute approximate surface area is 146 Å². The Morgan fingerprint density at radius 1 is 1.28 bits per heavy atom. The Hall–Kier alpha value is -2.70. The maximum atomic E-state index is 12.7. The number of carbonyl (C=O) groups is 1. The second-order valence-corrected chi connectivity index (χ2v) is 6.71. The third kappa shape index (κ3) is 2.90. The summed E-state index contributed by atoms with van der Waals surface area (Å²) in [5, 5.41) is 12.7. The molecule has 3 aromatic rings. The minimum atomic E-state index is -0.171. The van der Waals surface area contributed by atoms with Gasteiger partial charge in [0.1, 0.15) is 5.82 Å². The van der Waals surface area contributed by atoms with Gasteiger partial charge in [-0.05, 0) is 25.8 Å². The third-order valence-electron chi connectivity index (χ3n) is 4.96. The molecule has 0 atom stereocenters. The largest absolute Gasteiger partial charge is 0.307 e. The maximum absolute atomic E-state index is 12.7. The number of hydrogen-bond acceptors (Lipinski definition) is 4. The number of pyridine rings is 1. The van der Waals surface area contributed by atoms with Gasteiger partial charge in [0.25, 0.3) is 5.91 Å². The highest BCUT2D eigenvalue weighted by molar-refractivity contribution is 6.05. The summed E-state index contributed by atoms with van der Waals surface area (Å²) in [6.45, 7) is 1.92. The van der Waals surface area contributed by atoms with Crippen LogP contribution in [0.15, 0.2) is 24.5 Å². The predicted octanol–water partition coefficient (Wildman–Crippen LogP) is 3.23. The molecule has 130 valence electrons. The van der Waals surface area contributed by atoms with Crippen molar-refractivity contribution in [2.75, 3.05) is 5.32 Å². The topological polar surface area (TPSA) is 77.6 Å². The Kier molecular flexibility index (Phi) is 3.99. The van der Waals surface area contributed by atoms with E-state index < -0.39 is 0 Å². The van der Waals surface area contributed by atoms with Gasteiger partial charge >= 0.3 is 0 Å². The van der Waals surface area contributed by atoms with Crippen LogP contribution in [-0.2, 0) is 7.05 Å². The zero-order valence-electron chi connectivity index (χ0n) is 14.6. The van der Waals surface area contributed by atoms with Gasteiger partial charge in [-0.15, -0.1) is 0 Å². The molecule has 1 aliphatic carbocycles. The number of nitrogens with zero attached hydrogens (tertiary/aromatic N) is 5. The van der Waals surface area contributed by atoms with Crippen molar-refractivity contribution >= 4 is 22.8 Å². The van der Waals surface area contributed by atoms with E-state index in [1.54, 1.807) is 17.1 Å². The lowest BCUT2D eigenvalue weighted by atomic mass is 9.96. The molecule has 3 aromatic heterocycles. The number of rotatable bonds is 3. The van der Waals surface area contributed by atoms with Crippen LogP contribution in [0.3, 0.4) is 0 Å². The molecule has 1 amide bonds. The second-order valence-electron chi connectivity index (χ2n) is 6.71. The first kappa shape index (κ1) is 15.8. The summed E-state index contributed by atoms with van der Waals surface area (Å²) in [4.78, 5) is 17.1. The van der Waals surface area contributed by atoms with Crippen LogP contribution in [0.1, 0.15) is 54.2 Å². The fraction of sp³-hybridized carbons (Fsp3) is 0.444. The van der Waals surface area contributed by atoms with E-state index >= 15 is 0 Å². The standard InChI is InChI=1S/C18H22N6O/c1-12-15-10-13(11-19-17(15)23(2)22-12)18(25)21-16-8-9-20-24(16)14-6-4-3-5-7-14/h8-11,14H,3-7H2,1-2H3,(H,21,25). The van der Waals surface area contributed by atoms with Crippen molar-refractivity contribution in [1.82, 2.24) is 24.5 Å². The van der Waals surface area contributed by atoms with Crippen molar-refractivity contribution in [3.63, 3.8) is 0 Å². The molecule has 0 radical (unpaired) electrons. The molecule has 0 aliphatic heterocycles. The highest BCUT2D eigenvalue weighted by Gasteiger charge is 2.20. The number of aryl methyl sites for hydroxylation is 2. The van der Waals surface area contributed by atoms with E-state index in [9.17, 15) is 4.79 Å². The van der Waals surface area contributed by atoms with Crippen LogP contribution in [0, 0.1) is 6.92 Å². The first-order chi connectivity index (χ1) is 12.1. The zero-order chi connectivity index (χ0) is 17.4. The van der Waals surface area contributed by atoms with E-state index in [2.05, 4.69) is 20.5 Å². The molecule has 1 fully saturated rings. The number of amides is 1. The van der Waals surface area contributed by atoms with E-state index in [0.29, 0.717) is 11.6 Å². The van der Waals surface area contributed by atoms with E-state index in [1.165, 1.54) is 19.3 Å². The van der Waals surface area contributed by atoms with Crippen molar-refractivity contribution in [2.45, 2.75) is 45.1 Å². The van der Waals surface area contributed by atoms with Crippen molar-refractivity contribution in [1.29, 1.82) is 0 Å². The van der Waals surface area contributed by atoms with E-state index in [4.69, 9.17) is 0 Å². The predicted molar refractivity (Wildman–Crippen MR) is 95.5 cm³/mol. The molecular formula is C18H22N6O. The average Bonchev–Trinajstić information content (AvgIpc) is 3.20. The lowest BCUT2D eigenvalue weighted by molar-refractivity contribution is 0.102. The monoisotopic (exact) mass is 338 g/mol. The summed E-state index contributed by atoms with van der Waals surface area (Å²) in [7, 11) is 1.85. The number of fused-ring (bicyclic) bond motifs is 1. The van der Waals surface area contributed by atoms with Gasteiger partial charge in [0.15, 0.2) is 5.65 Å². The molecule has 7 heteroatoms. The first-order valence-electron chi connectivity index (χ1n) is 8.77. The molecule has 7 nitrogen and oxygen atoms in total. The number of aromatic nitrogens is 5. The lowest BCUT2D eigenvalue weighted by Crippen LogP contribution is -2.20. The molecule has 25 heavy (non-hydrogen) atoms. The molecule has 3 heterocycles. The second kappa shape index (κ2) is 6.31. The molecule has 1 N–H and O–H groups in total. The number of carbonyl (C=O) groups excluding carboxylic acids is 1. The normalized spacial score (nSPS) is 15.6. The van der Waals surface area contributed by atoms with Crippen molar-refractivity contribution in [3.8, 4) is 0 Å². The molecule has 0 saturated heterocycles. The Balaban J connectivity index is 1.58. The fourth-order valence-corrected chi connectivity index (χ4v) is 3.65. The van der Waals surface area contributed by atoms with Gasteiger partial charge in [0.2, 0.25) is 0 Å². The maximum Gasteiger partial charge on any atom is 0.258 e. The summed E-state index contributed by atoms with van der Waals surface area (Å²) in [5.74, 6) is 0.579. The van der Waals surface area contributed by atoms with Gasteiger partial charge < -0.3 is 5.32 Å². The van der Waals surface area contributed by atoms with Crippen LogP contribution < -0.4 is 5.32 Å². The van der Waals surface area contributed by atoms with Crippen LogP contribution in [0.25, 0.3) is 11.0 Å². The SMILES string of the molecule is Cc1nn(C)c2ncc(C(=O)Nc3ccnn3C3CCCCC3)cc12. The summed E-state index contributed by atoms with van der Waals surface area (Å²) >= 11 is 0. The van der Waals surface area contributed by atoms with Gasteiger partial charge in [0.05, 0.1) is 23.5 Å². The molecule has 1 saturated carbocycles. The summed E-state index contributed by atoms with van der Waals surface area (Å²) in [6.07, 6.45) is 9.31. The van der Waals surface area contributed by atoms with E-state index in [0.717, 1.165) is 35.4 Å². The highest BCUT2D eigenvalue weighted by Crippen LogP contribution is 2.30. The van der Waals surface area contributed by atoms with Gasteiger partial charge in [0, 0.05) is 24.7 Å². The molecular weight excluding hydrogens is 316 g/mol. The van der Waals surface area contributed by atoms with Crippen LogP contribution >= 0.6 is 0 Å². The first-order valence-corrected chi connectivity index (χ1v) is 8.77. The summed E-state index contributed by atoms with van der Waals surface area (Å²) in [6, 6.07) is 4.08. The van der Waals surface area contributed by atoms with Crippen molar-refractivity contribution in [3.05, 3.63) is 35.8 Å². The van der Waals surface area contributed by atoms with E-state index in [-0.39, 0.29) is 5.91 Å². The Morgan fingerprint density at radius 2 is 2.08 bits per heavy atom. The van der Waals surface area contributed by atoms with Gasteiger partial charge in [-0.1, -0.05) is 19.3 Å². The lowest BCUT2D eigenvalue weighted by Gasteiger charge is -2.23. The third-order valence-corrected chi connectivity index (χ3v) is 4.96. The molecule has 1 aliphatic rings. The van der Waals surface area contributed by atoms with Crippen molar-refractivity contribution < 1.29 is 4.79 Å². The molecule has 0 bridgehead atoms. The number of hydrogen-bond donors (Lipinski definition) is 1. The number of nitrogens with one attached hydrogen (secondary N) is 1. The molecule has 0 unspecified atom stereocenters. The number of anilines is 1. The quantitative estimate of drug-likeness (QED) is 0.795. The molecule has 0 aromatic carbocycles. The van der Waals surface area contributed by atoms with Crippen LogP contribution in [0.2, 0.25) is 0 Å². The van der Waals surface area contributed by atoms with Gasteiger partial charge in [-0.25, -0.2) is 9.67 Å². The minimum absolute atomic E-state index is 0.171. The van der Waals surface area contributed by atoms with Crippen LogP contribution in [0.5, 0.6) is 0 Å². The average molecular weight is 338 g/mol. The van der Waals surface area contributed by atoms with Gasteiger partial charge in [-0.2, -0.15) is 10.2 Å².